The van der Waals surface area contributed by atoms with E-state index in [2.05, 4.69) is 0 Å². The lowest BCUT2D eigenvalue weighted by atomic mass is 10.2. The predicted octanol–water partition coefficient (Wildman–Crippen LogP) is 0.0608. The Balaban J connectivity index is 3.91. The van der Waals surface area contributed by atoms with Crippen molar-refractivity contribution in [2.24, 2.45) is 0 Å². The van der Waals surface area contributed by atoms with Crippen LogP contribution in [0, 0.1) is 0 Å². The van der Waals surface area contributed by atoms with E-state index in [1.54, 1.807) is 0 Å². The molecule has 2 N–H and O–H groups in total. The van der Waals surface area contributed by atoms with Crippen LogP contribution in [0.3, 0.4) is 0 Å². The van der Waals surface area contributed by atoms with Crippen LogP contribution in [0.4, 0.5) is 0 Å². The Bertz CT molecular complexity index is 99.5. The van der Waals surface area contributed by atoms with Crippen LogP contribution in [-0.2, 0) is 4.79 Å². The third-order valence-electron chi connectivity index (χ3n) is 0.743. The molecule has 0 aliphatic carbocycles. The van der Waals surface area contributed by atoms with Crippen LogP contribution < -0.4 is 0 Å². The molecule has 0 saturated heterocycles. The van der Waals surface area contributed by atoms with Gasteiger partial charge in [0.25, 0.3) is 0 Å². The molecule has 3 nitrogen and oxygen atoms in total. The first kappa shape index (κ1) is 7.72. The molecule has 0 rings (SSSR count). The Morgan fingerprint density at radius 2 is 2.25 bits per heavy atom. The first-order valence-electron chi connectivity index (χ1n) is 2.04. The van der Waals surface area contributed by atoms with Gasteiger partial charge in [0.1, 0.15) is 0 Å². The van der Waals surface area contributed by atoms with Gasteiger partial charge in [0.15, 0.2) is 4.87 Å². The first-order valence-corrected chi connectivity index (χ1v) is 2.41. The summed E-state index contributed by atoms with van der Waals surface area (Å²) in [6, 6.07) is 0. The number of hydrogen-bond donors (Lipinski definition) is 2. The van der Waals surface area contributed by atoms with Gasteiger partial charge in [-0.15, -0.1) is 11.6 Å². The zero-order valence-electron chi connectivity index (χ0n) is 4.39. The van der Waals surface area contributed by atoms with Crippen molar-refractivity contribution in [3.8, 4) is 0 Å². The lowest BCUT2D eigenvalue weighted by Gasteiger charge is -2.10. The van der Waals surface area contributed by atoms with Gasteiger partial charge in [-0.3, -0.25) is 4.79 Å². The summed E-state index contributed by atoms with van der Waals surface area (Å²) in [6.07, 6.45) is 0. The molecular formula is C4H7ClO3. The molecule has 0 heterocycles. The molecule has 0 aromatic carbocycles. The van der Waals surface area contributed by atoms with E-state index in [-0.39, 0.29) is 0 Å². The molecular weight excluding hydrogens is 131 g/mol. The van der Waals surface area contributed by atoms with Gasteiger partial charge in [0, 0.05) is 0 Å². The number of halogens is 1. The Morgan fingerprint density at radius 1 is 1.88 bits per heavy atom. The summed E-state index contributed by atoms with van der Waals surface area (Å²) >= 11 is 5.21. The number of aliphatic hydroxyl groups is 1. The Morgan fingerprint density at radius 3 is 2.25 bits per heavy atom. The molecule has 0 aromatic heterocycles. The van der Waals surface area contributed by atoms with Gasteiger partial charge in [0.05, 0.1) is 6.61 Å². The van der Waals surface area contributed by atoms with Crippen LogP contribution in [0.2, 0.25) is 0 Å². The molecule has 48 valence electrons. The van der Waals surface area contributed by atoms with Crippen molar-refractivity contribution in [2.75, 3.05) is 6.61 Å². The lowest BCUT2D eigenvalue weighted by Crippen LogP contribution is -2.32. The molecule has 0 fully saturated rings. The highest BCUT2D eigenvalue weighted by Crippen LogP contribution is 2.11. The van der Waals surface area contributed by atoms with E-state index in [0.717, 1.165) is 0 Å². The molecule has 0 amide bonds. The van der Waals surface area contributed by atoms with Crippen molar-refractivity contribution in [1.29, 1.82) is 0 Å². The number of carboxylic acid groups (broad SMARTS) is 1. The van der Waals surface area contributed by atoms with Crippen LogP contribution in [0.5, 0.6) is 0 Å². The van der Waals surface area contributed by atoms with E-state index >= 15 is 0 Å². The van der Waals surface area contributed by atoms with Crippen LogP contribution >= 0.6 is 11.6 Å². The lowest BCUT2D eigenvalue weighted by molar-refractivity contribution is -0.140. The van der Waals surface area contributed by atoms with Gasteiger partial charge in [0.2, 0.25) is 0 Å². The minimum atomic E-state index is -1.51. The summed E-state index contributed by atoms with van der Waals surface area (Å²) < 4.78 is 0. The Labute approximate surface area is 51.9 Å². The fraction of sp³-hybridized carbons (Fsp3) is 0.750. The number of carboxylic acids is 1. The smallest absolute Gasteiger partial charge is 0.326 e. The van der Waals surface area contributed by atoms with Crippen LogP contribution in [0.15, 0.2) is 0 Å². The topological polar surface area (TPSA) is 57.5 Å². The van der Waals surface area contributed by atoms with Gasteiger partial charge in [-0.1, -0.05) is 0 Å². The number of hydrogen-bond acceptors (Lipinski definition) is 2. The Kier molecular flexibility index (Phi) is 2.25. The summed E-state index contributed by atoms with van der Waals surface area (Å²) in [5.41, 5.74) is 0. The number of carbonyl (C=O) groups is 1. The highest BCUT2D eigenvalue weighted by molar-refractivity contribution is 6.33. The standard InChI is InChI=1S/C4H7ClO3/c1-4(5,2-6)3(7)8/h6H,2H2,1H3,(H,7,8). The molecule has 0 aliphatic rings. The average Bonchev–Trinajstić information content (AvgIpc) is 1.67. The molecule has 0 bridgehead atoms. The highest BCUT2D eigenvalue weighted by atomic mass is 35.5. The zero-order chi connectivity index (χ0) is 6.78. The molecule has 1 unspecified atom stereocenters. The molecule has 0 saturated carbocycles. The van der Waals surface area contributed by atoms with Crippen molar-refractivity contribution in [2.45, 2.75) is 11.8 Å². The first-order chi connectivity index (χ1) is 3.50. The summed E-state index contributed by atoms with van der Waals surface area (Å²) in [5, 5.41) is 16.4. The maximum atomic E-state index is 9.96. The zero-order valence-corrected chi connectivity index (χ0v) is 5.14. The summed E-state index contributed by atoms with van der Waals surface area (Å²) in [5.74, 6) is -1.21. The minimum absolute atomic E-state index is 0.552. The normalized spacial score (nSPS) is 17.4. The second-order valence-corrected chi connectivity index (χ2v) is 2.49. The van der Waals surface area contributed by atoms with Crippen molar-refractivity contribution in [3.63, 3.8) is 0 Å². The quantitative estimate of drug-likeness (QED) is 0.531. The largest absolute Gasteiger partial charge is 0.480 e. The molecule has 1 atom stereocenters. The van der Waals surface area contributed by atoms with Crippen LogP contribution in [-0.4, -0.2) is 27.7 Å². The summed E-state index contributed by atoms with van der Waals surface area (Å²) in [4.78, 5) is 8.45. The number of aliphatic carboxylic acids is 1. The fourth-order valence-electron chi connectivity index (χ4n) is 0.0676. The summed E-state index contributed by atoms with van der Waals surface area (Å²) in [6.45, 7) is 0.681. The van der Waals surface area contributed by atoms with E-state index in [9.17, 15) is 4.79 Å². The van der Waals surface area contributed by atoms with Crippen LogP contribution in [0.25, 0.3) is 0 Å². The average molecular weight is 139 g/mol. The SMILES string of the molecule is CC(Cl)(CO)C(=O)O. The maximum Gasteiger partial charge on any atom is 0.326 e. The second kappa shape index (κ2) is 2.33. The van der Waals surface area contributed by atoms with Gasteiger partial charge >= 0.3 is 5.97 Å². The van der Waals surface area contributed by atoms with E-state index in [0.29, 0.717) is 0 Å². The minimum Gasteiger partial charge on any atom is -0.480 e. The van der Waals surface area contributed by atoms with Gasteiger partial charge in [-0.25, -0.2) is 0 Å². The van der Waals surface area contributed by atoms with Gasteiger partial charge in [-0.05, 0) is 6.92 Å². The molecule has 0 spiro atoms. The van der Waals surface area contributed by atoms with E-state index in [1.807, 2.05) is 0 Å². The number of aliphatic hydroxyl groups excluding tert-OH is 1. The maximum absolute atomic E-state index is 9.96. The van der Waals surface area contributed by atoms with Gasteiger partial charge < -0.3 is 10.2 Å². The molecule has 0 aliphatic heterocycles. The fourth-order valence-corrected chi connectivity index (χ4v) is 0.0676. The second-order valence-electron chi connectivity index (χ2n) is 1.66. The molecule has 4 heteroatoms. The van der Waals surface area contributed by atoms with Crippen molar-refractivity contribution in [3.05, 3.63) is 0 Å². The van der Waals surface area contributed by atoms with E-state index in [1.165, 1.54) is 6.92 Å². The molecule has 8 heavy (non-hydrogen) atoms. The molecule has 0 radical (unpaired) electrons. The number of alkyl halides is 1. The summed E-state index contributed by atoms with van der Waals surface area (Å²) in [7, 11) is 0. The Hall–Kier alpha value is -0.280. The highest BCUT2D eigenvalue weighted by Gasteiger charge is 2.28. The van der Waals surface area contributed by atoms with Gasteiger partial charge in [-0.2, -0.15) is 0 Å². The molecule has 0 aromatic rings. The third kappa shape index (κ3) is 1.68. The van der Waals surface area contributed by atoms with E-state index in [4.69, 9.17) is 21.8 Å². The predicted molar refractivity (Wildman–Crippen MR) is 29.0 cm³/mol. The van der Waals surface area contributed by atoms with Crippen molar-refractivity contribution >= 4 is 17.6 Å². The van der Waals surface area contributed by atoms with E-state index < -0.39 is 17.5 Å². The monoisotopic (exact) mass is 138 g/mol. The number of rotatable bonds is 2. The van der Waals surface area contributed by atoms with Crippen molar-refractivity contribution in [1.82, 2.24) is 0 Å². The third-order valence-corrected chi connectivity index (χ3v) is 1.02. The van der Waals surface area contributed by atoms with Crippen molar-refractivity contribution < 1.29 is 15.0 Å². The van der Waals surface area contributed by atoms with Crippen LogP contribution in [0.1, 0.15) is 6.92 Å².